The van der Waals surface area contributed by atoms with Gasteiger partial charge in [-0.1, -0.05) is 0 Å². The molecule has 0 saturated heterocycles. The summed E-state index contributed by atoms with van der Waals surface area (Å²) in [5.74, 6) is -0.240. The summed E-state index contributed by atoms with van der Waals surface area (Å²) in [6, 6.07) is 0. The van der Waals surface area contributed by atoms with Gasteiger partial charge < -0.3 is 16.2 Å². The summed E-state index contributed by atoms with van der Waals surface area (Å²) in [6.45, 7) is 1.85. The summed E-state index contributed by atoms with van der Waals surface area (Å²) in [5, 5.41) is 11.1. The molecule has 0 heterocycles. The molecule has 4 nitrogen and oxygen atoms in total. The molecule has 0 aromatic carbocycles. The van der Waals surface area contributed by atoms with Crippen LogP contribution >= 0.6 is 0 Å². The van der Waals surface area contributed by atoms with Crippen molar-refractivity contribution >= 4 is 5.91 Å². The van der Waals surface area contributed by atoms with Gasteiger partial charge in [0, 0.05) is 6.54 Å². The Labute approximate surface area is 54.0 Å². The number of rotatable bonds is 3. The lowest BCUT2D eigenvalue weighted by Crippen LogP contribution is -2.35. The van der Waals surface area contributed by atoms with Crippen LogP contribution in [0.3, 0.4) is 0 Å². The molecule has 4 heteroatoms. The molecule has 0 radical (unpaired) electrons. The fourth-order valence-electron chi connectivity index (χ4n) is 0.334. The van der Waals surface area contributed by atoms with Crippen LogP contribution in [0.5, 0.6) is 0 Å². The van der Waals surface area contributed by atoms with E-state index in [1.807, 2.05) is 0 Å². The maximum atomic E-state index is 10.4. The Kier molecular flexibility index (Phi) is 4.00. The van der Waals surface area contributed by atoms with Crippen molar-refractivity contribution in [2.24, 2.45) is 5.73 Å². The maximum absolute atomic E-state index is 10.4. The van der Waals surface area contributed by atoms with Crippen molar-refractivity contribution in [3.8, 4) is 0 Å². The van der Waals surface area contributed by atoms with Crippen LogP contribution in [0.4, 0.5) is 0 Å². The Morgan fingerprint density at radius 2 is 2.44 bits per heavy atom. The highest BCUT2D eigenvalue weighted by atomic mass is 16.3. The van der Waals surface area contributed by atoms with Crippen molar-refractivity contribution in [1.29, 1.82) is 0 Å². The zero-order valence-electron chi connectivity index (χ0n) is 5.42. The second kappa shape index (κ2) is 4.29. The van der Waals surface area contributed by atoms with Gasteiger partial charge in [0.2, 0.25) is 5.91 Å². The van der Waals surface area contributed by atoms with Gasteiger partial charge >= 0.3 is 0 Å². The zero-order chi connectivity index (χ0) is 7.28. The van der Waals surface area contributed by atoms with E-state index in [0.717, 1.165) is 0 Å². The number of amides is 1. The smallest absolute Gasteiger partial charge is 0.233 e. The van der Waals surface area contributed by atoms with E-state index in [1.54, 1.807) is 6.92 Å². The minimum Gasteiger partial charge on any atom is -0.392 e. The Balaban J connectivity index is 3.17. The Morgan fingerprint density at radius 3 is 2.78 bits per heavy atom. The molecule has 0 fully saturated rings. The normalized spacial score (nSPS) is 12.8. The molecule has 0 aromatic rings. The number of hydrogen-bond donors (Lipinski definition) is 3. The molecule has 0 rings (SSSR count). The molecule has 0 aliphatic carbocycles. The van der Waals surface area contributed by atoms with Crippen LogP contribution in [0, 0.1) is 0 Å². The fourth-order valence-corrected chi connectivity index (χ4v) is 0.334. The molecule has 1 atom stereocenters. The number of hydrogen-bond acceptors (Lipinski definition) is 3. The first-order valence-electron chi connectivity index (χ1n) is 2.81. The number of nitrogens with two attached hydrogens (primary N) is 1. The van der Waals surface area contributed by atoms with Crippen LogP contribution in [0.15, 0.2) is 0 Å². The monoisotopic (exact) mass is 132 g/mol. The lowest BCUT2D eigenvalue weighted by Gasteiger charge is -2.03. The summed E-state index contributed by atoms with van der Waals surface area (Å²) >= 11 is 0. The standard InChI is InChI=1S/C5H12N2O2/c1-4(8)3-7-5(9)2-6/h4,8H,2-3,6H2,1H3,(H,7,9)/t4-/m0/s1. The Hall–Kier alpha value is -0.610. The first-order valence-corrected chi connectivity index (χ1v) is 2.81. The van der Waals surface area contributed by atoms with Gasteiger partial charge in [-0.05, 0) is 6.92 Å². The van der Waals surface area contributed by atoms with Crippen molar-refractivity contribution in [3.05, 3.63) is 0 Å². The number of carbonyl (C=O) groups excluding carboxylic acids is 1. The van der Waals surface area contributed by atoms with Crippen molar-refractivity contribution < 1.29 is 9.90 Å². The zero-order valence-corrected chi connectivity index (χ0v) is 5.42. The van der Waals surface area contributed by atoms with E-state index in [-0.39, 0.29) is 19.0 Å². The Morgan fingerprint density at radius 1 is 1.89 bits per heavy atom. The molecule has 0 aromatic heterocycles. The summed E-state index contributed by atoms with van der Waals surface area (Å²) in [7, 11) is 0. The molecule has 4 N–H and O–H groups in total. The van der Waals surface area contributed by atoms with Gasteiger partial charge in [0.05, 0.1) is 12.6 Å². The van der Waals surface area contributed by atoms with E-state index in [0.29, 0.717) is 0 Å². The van der Waals surface area contributed by atoms with Crippen molar-refractivity contribution in [1.82, 2.24) is 5.32 Å². The van der Waals surface area contributed by atoms with Gasteiger partial charge in [-0.15, -0.1) is 0 Å². The van der Waals surface area contributed by atoms with Crippen molar-refractivity contribution in [3.63, 3.8) is 0 Å². The van der Waals surface area contributed by atoms with Gasteiger partial charge in [0.1, 0.15) is 0 Å². The molecule has 0 aliphatic heterocycles. The second-order valence-electron chi connectivity index (χ2n) is 1.86. The van der Waals surface area contributed by atoms with Crippen molar-refractivity contribution in [2.45, 2.75) is 13.0 Å². The molecule has 1 amide bonds. The highest BCUT2D eigenvalue weighted by Crippen LogP contribution is 1.72. The van der Waals surface area contributed by atoms with Crippen LogP contribution in [0.25, 0.3) is 0 Å². The molecule has 0 saturated carbocycles. The summed E-state index contributed by atoms with van der Waals surface area (Å²) in [6.07, 6.45) is -0.500. The Bertz CT molecular complexity index is 93.0. The fraction of sp³-hybridized carbons (Fsp3) is 0.800. The van der Waals surface area contributed by atoms with Gasteiger partial charge in [-0.2, -0.15) is 0 Å². The van der Waals surface area contributed by atoms with Crippen LogP contribution in [-0.2, 0) is 4.79 Å². The van der Waals surface area contributed by atoms with Crippen LogP contribution in [0.1, 0.15) is 6.92 Å². The summed E-state index contributed by atoms with van der Waals surface area (Å²) < 4.78 is 0. The maximum Gasteiger partial charge on any atom is 0.233 e. The average Bonchev–Trinajstić information content (AvgIpc) is 1.83. The summed E-state index contributed by atoms with van der Waals surface area (Å²) in [4.78, 5) is 10.4. The number of aliphatic hydroxyl groups excluding tert-OH is 1. The predicted molar refractivity (Wildman–Crippen MR) is 33.7 cm³/mol. The number of carbonyl (C=O) groups is 1. The van der Waals surface area contributed by atoms with E-state index in [9.17, 15) is 4.79 Å². The van der Waals surface area contributed by atoms with Crippen LogP contribution < -0.4 is 11.1 Å². The van der Waals surface area contributed by atoms with Gasteiger partial charge in [0.15, 0.2) is 0 Å². The number of aliphatic hydroxyl groups is 1. The molecular formula is C5H12N2O2. The minimum atomic E-state index is -0.500. The lowest BCUT2D eigenvalue weighted by atomic mass is 10.4. The molecule has 0 spiro atoms. The second-order valence-corrected chi connectivity index (χ2v) is 1.86. The third kappa shape index (κ3) is 5.26. The van der Waals surface area contributed by atoms with Gasteiger partial charge in [-0.3, -0.25) is 4.79 Å². The van der Waals surface area contributed by atoms with E-state index < -0.39 is 6.10 Å². The van der Waals surface area contributed by atoms with E-state index in [2.05, 4.69) is 5.32 Å². The summed E-state index contributed by atoms with van der Waals surface area (Å²) in [5.41, 5.74) is 4.96. The quantitative estimate of drug-likeness (QED) is 0.435. The van der Waals surface area contributed by atoms with Gasteiger partial charge in [-0.25, -0.2) is 0 Å². The lowest BCUT2D eigenvalue weighted by molar-refractivity contribution is -0.120. The van der Waals surface area contributed by atoms with Gasteiger partial charge in [0.25, 0.3) is 0 Å². The SMILES string of the molecule is C[C@H](O)CNC(=O)CN. The van der Waals surface area contributed by atoms with E-state index in [1.165, 1.54) is 0 Å². The number of nitrogens with one attached hydrogen (secondary N) is 1. The van der Waals surface area contributed by atoms with E-state index in [4.69, 9.17) is 10.8 Å². The molecule has 54 valence electrons. The topological polar surface area (TPSA) is 75.3 Å². The largest absolute Gasteiger partial charge is 0.392 e. The molecule has 0 bridgehead atoms. The minimum absolute atomic E-state index is 0.0211. The van der Waals surface area contributed by atoms with Crippen LogP contribution in [-0.4, -0.2) is 30.2 Å². The van der Waals surface area contributed by atoms with E-state index >= 15 is 0 Å². The third-order valence-electron chi connectivity index (χ3n) is 0.780. The predicted octanol–water partition coefficient (Wildman–Crippen LogP) is -1.56. The highest BCUT2D eigenvalue weighted by Gasteiger charge is 1.97. The van der Waals surface area contributed by atoms with Crippen LogP contribution in [0.2, 0.25) is 0 Å². The average molecular weight is 132 g/mol. The van der Waals surface area contributed by atoms with Crippen molar-refractivity contribution in [2.75, 3.05) is 13.1 Å². The highest BCUT2D eigenvalue weighted by molar-refractivity contribution is 5.77. The molecule has 9 heavy (non-hydrogen) atoms. The molecule has 0 aliphatic rings. The molecular weight excluding hydrogens is 120 g/mol. The third-order valence-corrected chi connectivity index (χ3v) is 0.780. The first kappa shape index (κ1) is 8.39. The first-order chi connectivity index (χ1) is 4.16. The molecule has 0 unspecified atom stereocenters.